The van der Waals surface area contributed by atoms with Crippen LogP contribution in [0.15, 0.2) is 36.4 Å². The van der Waals surface area contributed by atoms with Gasteiger partial charge in [0.25, 0.3) is 0 Å². The Hall–Kier alpha value is -1.49. The fraction of sp³-hybridized carbons (Fsp3) is 0.526. The third-order valence-electron chi connectivity index (χ3n) is 4.98. The van der Waals surface area contributed by atoms with Crippen molar-refractivity contribution < 1.29 is 4.74 Å². The number of nitrogens with one attached hydrogen (secondary N) is 1. The van der Waals surface area contributed by atoms with Gasteiger partial charge in [0.1, 0.15) is 6.61 Å². The van der Waals surface area contributed by atoms with Crippen molar-refractivity contribution in [2.45, 2.75) is 55.8 Å². The number of rotatable bonds is 8. The summed E-state index contributed by atoms with van der Waals surface area (Å²) in [6, 6.07) is 11.6. The third kappa shape index (κ3) is 6.00. The van der Waals surface area contributed by atoms with Crippen molar-refractivity contribution in [1.29, 1.82) is 0 Å². The topological polar surface area (TPSA) is 39.1 Å². The minimum absolute atomic E-state index is 0.358. The van der Waals surface area contributed by atoms with Crippen LogP contribution in [0.25, 0.3) is 0 Å². The summed E-state index contributed by atoms with van der Waals surface area (Å²) in [5, 5.41) is 3.84. The van der Waals surface area contributed by atoms with Crippen LogP contribution in [0.2, 0.25) is 0 Å². The van der Waals surface area contributed by atoms with Crippen LogP contribution in [-0.4, -0.2) is 54.2 Å². The first-order valence-electron chi connectivity index (χ1n) is 9.72. The summed E-state index contributed by atoms with van der Waals surface area (Å²) in [6.45, 7) is 1.17. The molecule has 28 heavy (non-hydrogen) atoms. The smallest absolute Gasteiger partial charge is 0.212 e. The minimum atomic E-state index is -1.73. The second kappa shape index (κ2) is 8.90. The molecule has 4 nitrogen and oxygen atoms in total. The maximum atomic E-state index is 6.14. The second-order valence-electron chi connectivity index (χ2n) is 7.76. The predicted molar refractivity (Wildman–Crippen MR) is 116 cm³/mol. The maximum absolute atomic E-state index is 6.14. The molecule has 0 unspecified atom stereocenters. The number of hydrogen-bond acceptors (Lipinski definition) is 3. The first-order valence-corrected chi connectivity index (χ1v) is 9.72. The fourth-order valence-corrected chi connectivity index (χ4v) is 3.62. The Balaban J connectivity index is 1.81. The maximum Gasteiger partial charge on any atom is 0.212 e. The van der Waals surface area contributed by atoms with Crippen molar-refractivity contribution in [3.05, 3.63) is 47.7 Å². The normalized spacial score (nSPS) is 16.1. The van der Waals surface area contributed by atoms with Gasteiger partial charge in [-0.1, -0.05) is 54.8 Å². The van der Waals surface area contributed by atoms with Gasteiger partial charge in [-0.2, -0.15) is 5.10 Å². The summed E-state index contributed by atoms with van der Waals surface area (Å²) in [5.41, 5.74) is 1.42. The lowest BCUT2D eigenvalue weighted by atomic mass is 9.46. The molecule has 2 aromatic rings. The SMILES string of the molecule is [B]C([B])([B])NC([B])([B])c1cc(OCc2ccccc2)n(CC2CCCCC2)n1. The minimum Gasteiger partial charge on any atom is -0.473 e. The van der Waals surface area contributed by atoms with Gasteiger partial charge in [-0.25, -0.2) is 4.68 Å². The quantitative estimate of drug-likeness (QED) is 0.717. The van der Waals surface area contributed by atoms with E-state index in [4.69, 9.17) is 44.0 Å². The van der Waals surface area contributed by atoms with Crippen LogP contribution in [0.4, 0.5) is 0 Å². The van der Waals surface area contributed by atoms with E-state index in [9.17, 15) is 0 Å². The molecule has 0 bridgehead atoms. The van der Waals surface area contributed by atoms with E-state index in [1.54, 1.807) is 6.07 Å². The van der Waals surface area contributed by atoms with E-state index in [1.165, 1.54) is 32.1 Å². The van der Waals surface area contributed by atoms with Crippen molar-refractivity contribution in [1.82, 2.24) is 15.1 Å². The zero-order valence-corrected chi connectivity index (χ0v) is 16.2. The molecule has 0 spiro atoms. The van der Waals surface area contributed by atoms with Gasteiger partial charge in [0, 0.05) is 12.6 Å². The molecule has 1 N–H and O–H groups in total. The highest BCUT2D eigenvalue weighted by Gasteiger charge is 2.28. The Kier molecular flexibility index (Phi) is 6.75. The first kappa shape index (κ1) is 21.2. The molecule has 0 saturated heterocycles. The second-order valence-corrected chi connectivity index (χ2v) is 7.76. The third-order valence-corrected chi connectivity index (χ3v) is 4.98. The van der Waals surface area contributed by atoms with Gasteiger partial charge in [0.15, 0.2) is 0 Å². The monoisotopic (exact) mass is 363 g/mol. The highest BCUT2D eigenvalue weighted by atomic mass is 16.5. The molecule has 1 aromatic carbocycles. The Morgan fingerprint density at radius 3 is 2.36 bits per heavy atom. The summed E-state index contributed by atoms with van der Waals surface area (Å²) in [6.07, 6.45) is 6.14. The fourth-order valence-electron chi connectivity index (χ4n) is 3.62. The molecule has 3 rings (SSSR count). The molecule has 1 heterocycles. The molecule has 0 aliphatic heterocycles. The number of benzene rings is 1. The summed E-state index contributed by atoms with van der Waals surface area (Å²) >= 11 is 0. The average molecular weight is 362 g/mol. The van der Waals surface area contributed by atoms with Crippen molar-refractivity contribution >= 4 is 39.2 Å². The molecule has 0 amide bonds. The summed E-state index contributed by atoms with van der Waals surface area (Å²) < 4.78 is 7.87. The van der Waals surface area contributed by atoms with Gasteiger partial charge >= 0.3 is 0 Å². The molecule has 1 fully saturated rings. The predicted octanol–water partition coefficient (Wildman–Crippen LogP) is 1.20. The molecular formula is C19H22B5N3O. The zero-order chi connectivity index (χ0) is 20.2. The highest BCUT2D eigenvalue weighted by Crippen LogP contribution is 2.28. The highest BCUT2D eigenvalue weighted by molar-refractivity contribution is 6.59. The molecule has 1 aliphatic carbocycles. The zero-order valence-electron chi connectivity index (χ0n) is 16.2. The van der Waals surface area contributed by atoms with Crippen molar-refractivity contribution in [2.75, 3.05) is 0 Å². The van der Waals surface area contributed by atoms with Crippen LogP contribution in [0, 0.1) is 5.92 Å². The number of aromatic nitrogens is 2. The molecule has 1 aromatic heterocycles. The van der Waals surface area contributed by atoms with Gasteiger partial charge < -0.3 is 10.1 Å². The van der Waals surface area contributed by atoms with E-state index in [-0.39, 0.29) is 0 Å². The van der Waals surface area contributed by atoms with Gasteiger partial charge in [0.2, 0.25) is 5.88 Å². The van der Waals surface area contributed by atoms with Crippen LogP contribution in [0.5, 0.6) is 5.88 Å². The van der Waals surface area contributed by atoms with Crippen LogP contribution in [0.1, 0.15) is 43.4 Å². The Morgan fingerprint density at radius 1 is 1.04 bits per heavy atom. The molecule has 1 aliphatic rings. The van der Waals surface area contributed by atoms with E-state index in [0.717, 1.165) is 12.1 Å². The molecule has 134 valence electrons. The lowest BCUT2D eigenvalue weighted by Gasteiger charge is -2.36. The van der Waals surface area contributed by atoms with E-state index in [2.05, 4.69) is 10.4 Å². The van der Waals surface area contributed by atoms with E-state index >= 15 is 0 Å². The Labute approximate surface area is 174 Å². The van der Waals surface area contributed by atoms with Crippen molar-refractivity contribution in [2.24, 2.45) is 5.92 Å². The van der Waals surface area contributed by atoms with Gasteiger partial charge in [-0.3, -0.25) is 0 Å². The van der Waals surface area contributed by atoms with Crippen LogP contribution in [0.3, 0.4) is 0 Å². The average Bonchev–Trinajstić information content (AvgIpc) is 3.03. The summed E-state index contributed by atoms with van der Waals surface area (Å²) in [4.78, 5) is 0. The van der Waals surface area contributed by atoms with Crippen molar-refractivity contribution in [3.8, 4) is 5.88 Å². The number of ether oxygens (including phenoxy) is 1. The molecule has 10 radical (unpaired) electrons. The van der Waals surface area contributed by atoms with Crippen molar-refractivity contribution in [3.63, 3.8) is 0 Å². The van der Waals surface area contributed by atoms with Gasteiger partial charge in [-0.15, -0.1) is 0 Å². The Morgan fingerprint density at radius 2 is 1.71 bits per heavy atom. The largest absolute Gasteiger partial charge is 0.473 e. The van der Waals surface area contributed by atoms with E-state index < -0.39 is 10.6 Å². The van der Waals surface area contributed by atoms with Gasteiger partial charge in [0.05, 0.1) is 44.9 Å². The van der Waals surface area contributed by atoms with Crippen LogP contribution in [-0.2, 0) is 18.5 Å². The molecular weight excluding hydrogens is 340 g/mol. The van der Waals surface area contributed by atoms with Crippen LogP contribution >= 0.6 is 0 Å². The Bertz CT molecular complexity index is 755. The number of nitrogens with zero attached hydrogens (tertiary/aromatic N) is 2. The molecule has 1 saturated carbocycles. The lowest BCUT2D eigenvalue weighted by molar-refractivity contribution is 0.245. The van der Waals surface area contributed by atoms with E-state index in [0.29, 0.717) is 24.1 Å². The van der Waals surface area contributed by atoms with Crippen LogP contribution < -0.4 is 10.1 Å². The summed E-state index contributed by atoms with van der Waals surface area (Å²) in [5.74, 6) is 1.15. The summed E-state index contributed by atoms with van der Waals surface area (Å²) in [7, 11) is 29.1. The van der Waals surface area contributed by atoms with E-state index in [1.807, 2.05) is 35.0 Å². The molecule has 9 heteroatoms. The molecule has 0 atom stereocenters. The number of hydrogen-bond donors (Lipinski definition) is 1. The standard InChI is InChI=1S/C19H22B5N3O/c20-18(21,26-19(22,23)24)16-11-17(28-13-15-9-5-2-6-10-15)27(25-16)12-14-7-3-1-4-8-14/h2,5-6,9-11,14,26H,1,3-4,7-8,12-13H2. The van der Waals surface area contributed by atoms with Gasteiger partial charge in [-0.05, 0) is 29.7 Å². The first-order chi connectivity index (χ1) is 13.2. The lowest BCUT2D eigenvalue weighted by Crippen LogP contribution is -2.59.